The summed E-state index contributed by atoms with van der Waals surface area (Å²) in [5, 5.41) is 15.5. The molecule has 28 heavy (non-hydrogen) atoms. The Morgan fingerprint density at radius 1 is 1.18 bits per heavy atom. The van der Waals surface area contributed by atoms with Gasteiger partial charge in [-0.15, -0.1) is 5.10 Å². The minimum atomic E-state index is -0.0980. The number of para-hydroxylation sites is 1. The number of likely N-dealkylation sites (tertiary alicyclic amines) is 1. The summed E-state index contributed by atoms with van der Waals surface area (Å²) in [6.45, 7) is 1.96. The Morgan fingerprint density at radius 3 is 2.71 bits per heavy atom. The molecule has 3 aromatic heterocycles. The average Bonchev–Trinajstić information content (AvgIpc) is 3.50. The molecule has 0 aliphatic carbocycles. The fourth-order valence-corrected chi connectivity index (χ4v) is 4.94. The van der Waals surface area contributed by atoms with Gasteiger partial charge < -0.3 is 14.3 Å². The molecule has 5 rings (SSSR count). The molecule has 0 radical (unpaired) electrons. The van der Waals surface area contributed by atoms with E-state index in [0.29, 0.717) is 16.5 Å². The number of aromatic nitrogens is 3. The van der Waals surface area contributed by atoms with E-state index in [0.717, 1.165) is 42.1 Å². The Labute approximate surface area is 165 Å². The number of ether oxygens (including phenoxy) is 1. The number of furan rings is 1. The van der Waals surface area contributed by atoms with Crippen LogP contribution in [0.2, 0.25) is 0 Å². The molecular weight excluding hydrogens is 376 g/mol. The van der Waals surface area contributed by atoms with Crippen LogP contribution in [0, 0.1) is 0 Å². The van der Waals surface area contributed by atoms with Crippen molar-refractivity contribution in [3.8, 4) is 23.2 Å². The minimum Gasteiger partial charge on any atom is -0.496 e. The maximum atomic E-state index is 11.0. The highest BCUT2D eigenvalue weighted by Crippen LogP contribution is 2.44. The van der Waals surface area contributed by atoms with Crippen molar-refractivity contribution in [2.24, 2.45) is 0 Å². The van der Waals surface area contributed by atoms with Crippen LogP contribution in [0.5, 0.6) is 11.6 Å². The van der Waals surface area contributed by atoms with E-state index in [9.17, 15) is 5.11 Å². The van der Waals surface area contributed by atoms with Gasteiger partial charge in [0.25, 0.3) is 0 Å². The van der Waals surface area contributed by atoms with Crippen molar-refractivity contribution >= 4 is 16.3 Å². The standard InChI is InChI=1S/C20H20N4O3S/c1-26-14-8-3-2-7-13(14)16(23-10-4-5-11-23)17-19(25)24-20(28-17)21-18(22-24)15-9-6-12-27-15/h2-3,6-9,12,16,25H,4-5,10-11H2,1H3. The summed E-state index contributed by atoms with van der Waals surface area (Å²) >= 11 is 1.45. The second-order valence-electron chi connectivity index (χ2n) is 6.78. The maximum Gasteiger partial charge on any atom is 0.230 e. The van der Waals surface area contributed by atoms with Crippen LogP contribution in [0.25, 0.3) is 16.5 Å². The van der Waals surface area contributed by atoms with Crippen molar-refractivity contribution in [3.05, 3.63) is 53.1 Å². The summed E-state index contributed by atoms with van der Waals surface area (Å²) in [5.74, 6) is 1.98. The molecule has 0 saturated carbocycles. The third-order valence-corrected chi connectivity index (χ3v) is 6.20. The molecule has 4 heterocycles. The Morgan fingerprint density at radius 2 is 2.00 bits per heavy atom. The number of methoxy groups -OCH3 is 1. The summed E-state index contributed by atoms with van der Waals surface area (Å²) < 4.78 is 12.5. The first kappa shape index (κ1) is 17.3. The highest BCUT2D eigenvalue weighted by molar-refractivity contribution is 7.17. The average molecular weight is 396 g/mol. The van der Waals surface area contributed by atoms with E-state index in [1.165, 1.54) is 15.9 Å². The number of fused-ring (bicyclic) bond motifs is 1. The van der Waals surface area contributed by atoms with E-state index >= 15 is 0 Å². The smallest absolute Gasteiger partial charge is 0.230 e. The number of aromatic hydroxyl groups is 1. The van der Waals surface area contributed by atoms with E-state index in [2.05, 4.69) is 21.0 Å². The van der Waals surface area contributed by atoms with Gasteiger partial charge in [0.2, 0.25) is 16.7 Å². The first-order valence-electron chi connectivity index (χ1n) is 9.25. The van der Waals surface area contributed by atoms with Crippen molar-refractivity contribution in [2.75, 3.05) is 20.2 Å². The Hall–Kier alpha value is -2.84. The normalized spacial score (nSPS) is 16.0. The highest BCUT2D eigenvalue weighted by Gasteiger charge is 2.33. The molecule has 0 bridgehead atoms. The molecular formula is C20H20N4O3S. The van der Waals surface area contributed by atoms with Crippen molar-refractivity contribution in [1.29, 1.82) is 0 Å². The highest BCUT2D eigenvalue weighted by atomic mass is 32.1. The Kier molecular flexibility index (Phi) is 4.29. The lowest BCUT2D eigenvalue weighted by atomic mass is 10.0. The number of thiazole rings is 1. The molecule has 1 unspecified atom stereocenters. The lowest BCUT2D eigenvalue weighted by Crippen LogP contribution is -2.26. The molecule has 1 N–H and O–H groups in total. The van der Waals surface area contributed by atoms with E-state index in [-0.39, 0.29) is 11.9 Å². The first-order chi connectivity index (χ1) is 13.8. The van der Waals surface area contributed by atoms with Crippen LogP contribution >= 0.6 is 11.3 Å². The van der Waals surface area contributed by atoms with Crippen molar-refractivity contribution in [2.45, 2.75) is 18.9 Å². The number of benzene rings is 1. The molecule has 144 valence electrons. The molecule has 1 aliphatic heterocycles. The SMILES string of the molecule is COc1ccccc1C(c1sc2nc(-c3ccco3)nn2c1O)N1CCCC1. The monoisotopic (exact) mass is 396 g/mol. The van der Waals surface area contributed by atoms with E-state index in [1.54, 1.807) is 25.5 Å². The third-order valence-electron chi connectivity index (χ3n) is 5.13. The van der Waals surface area contributed by atoms with Crippen LogP contribution in [-0.4, -0.2) is 44.8 Å². The largest absolute Gasteiger partial charge is 0.496 e. The molecule has 4 aromatic rings. The van der Waals surface area contributed by atoms with Gasteiger partial charge in [0, 0.05) is 5.56 Å². The molecule has 0 spiro atoms. The second kappa shape index (κ2) is 6.96. The number of nitrogens with zero attached hydrogens (tertiary/aromatic N) is 4. The summed E-state index contributed by atoms with van der Waals surface area (Å²) in [4.78, 5) is 8.40. The molecule has 0 amide bonds. The van der Waals surface area contributed by atoms with Crippen LogP contribution < -0.4 is 4.74 Å². The zero-order valence-electron chi connectivity index (χ0n) is 15.4. The third kappa shape index (κ3) is 2.76. The summed E-state index contributed by atoms with van der Waals surface area (Å²) in [6.07, 6.45) is 3.88. The predicted octanol–water partition coefficient (Wildman–Crippen LogP) is 3.95. The van der Waals surface area contributed by atoms with Gasteiger partial charge >= 0.3 is 0 Å². The fraction of sp³-hybridized carbons (Fsp3) is 0.300. The van der Waals surface area contributed by atoms with Gasteiger partial charge in [0.05, 0.1) is 24.3 Å². The summed E-state index contributed by atoms with van der Waals surface area (Å²) in [7, 11) is 1.68. The molecule has 8 heteroatoms. The van der Waals surface area contributed by atoms with Crippen molar-refractivity contribution < 1.29 is 14.3 Å². The molecule has 1 fully saturated rings. The van der Waals surface area contributed by atoms with Gasteiger partial charge in [-0.05, 0) is 44.1 Å². The van der Waals surface area contributed by atoms with Crippen LogP contribution in [0.15, 0.2) is 47.1 Å². The van der Waals surface area contributed by atoms with Crippen LogP contribution in [-0.2, 0) is 0 Å². The summed E-state index contributed by atoms with van der Waals surface area (Å²) in [5.41, 5.74) is 1.04. The Balaban J connectivity index is 1.63. The zero-order chi connectivity index (χ0) is 19.1. The zero-order valence-corrected chi connectivity index (χ0v) is 16.2. The van der Waals surface area contributed by atoms with Gasteiger partial charge in [-0.3, -0.25) is 4.90 Å². The van der Waals surface area contributed by atoms with Gasteiger partial charge in [-0.25, -0.2) is 0 Å². The molecule has 1 aliphatic rings. The summed E-state index contributed by atoms with van der Waals surface area (Å²) in [6, 6.07) is 11.5. The lowest BCUT2D eigenvalue weighted by molar-refractivity contribution is 0.270. The predicted molar refractivity (Wildman–Crippen MR) is 106 cm³/mol. The van der Waals surface area contributed by atoms with Crippen LogP contribution in [0.1, 0.15) is 29.3 Å². The number of rotatable bonds is 5. The van der Waals surface area contributed by atoms with Gasteiger partial charge in [-0.2, -0.15) is 9.50 Å². The fourth-order valence-electron chi connectivity index (χ4n) is 3.83. The number of hydrogen-bond acceptors (Lipinski definition) is 7. The molecule has 1 aromatic carbocycles. The Bertz CT molecular complexity index is 1100. The van der Waals surface area contributed by atoms with Crippen molar-refractivity contribution in [3.63, 3.8) is 0 Å². The van der Waals surface area contributed by atoms with E-state index < -0.39 is 0 Å². The maximum absolute atomic E-state index is 11.0. The first-order valence-corrected chi connectivity index (χ1v) is 10.1. The van der Waals surface area contributed by atoms with Gasteiger partial charge in [-0.1, -0.05) is 29.5 Å². The molecule has 7 nitrogen and oxygen atoms in total. The van der Waals surface area contributed by atoms with E-state index in [4.69, 9.17) is 9.15 Å². The quantitative estimate of drug-likeness (QED) is 0.550. The van der Waals surface area contributed by atoms with Crippen LogP contribution in [0.4, 0.5) is 0 Å². The van der Waals surface area contributed by atoms with Gasteiger partial charge in [0.15, 0.2) is 5.76 Å². The van der Waals surface area contributed by atoms with Crippen LogP contribution in [0.3, 0.4) is 0 Å². The second-order valence-corrected chi connectivity index (χ2v) is 7.79. The lowest BCUT2D eigenvalue weighted by Gasteiger charge is -2.28. The van der Waals surface area contributed by atoms with E-state index in [1.807, 2.05) is 18.2 Å². The molecule has 1 saturated heterocycles. The number of hydrogen-bond donors (Lipinski definition) is 1. The minimum absolute atomic E-state index is 0.0980. The van der Waals surface area contributed by atoms with Gasteiger partial charge in [0.1, 0.15) is 5.75 Å². The molecule has 1 atom stereocenters. The topological polar surface area (TPSA) is 76.0 Å². The van der Waals surface area contributed by atoms with Crippen molar-refractivity contribution in [1.82, 2.24) is 19.5 Å².